The molecule has 1 fully saturated rings. The average Bonchev–Trinajstić information content (AvgIpc) is 2.80. The van der Waals surface area contributed by atoms with Crippen LogP contribution in [-0.2, 0) is 0 Å². The molecular formula is C25H29N7. The molecule has 1 aliphatic rings. The minimum absolute atomic E-state index is 0.101. The molecule has 0 saturated carbocycles. The van der Waals surface area contributed by atoms with Crippen LogP contribution in [0.4, 0.5) is 11.5 Å². The van der Waals surface area contributed by atoms with Crippen LogP contribution in [0.3, 0.4) is 0 Å². The fourth-order valence-electron chi connectivity index (χ4n) is 4.35. The number of hydrogen-bond acceptors (Lipinski definition) is 5. The molecule has 4 rings (SSSR count). The molecule has 3 aromatic rings. The summed E-state index contributed by atoms with van der Waals surface area (Å²) in [5, 5.41) is 18.8. The van der Waals surface area contributed by atoms with Gasteiger partial charge in [-0.15, -0.1) is 0 Å². The Kier molecular flexibility index (Phi) is 6.22. The Labute approximate surface area is 189 Å². The van der Waals surface area contributed by atoms with Crippen molar-refractivity contribution >= 4 is 28.5 Å². The van der Waals surface area contributed by atoms with E-state index in [1.807, 2.05) is 61.7 Å². The van der Waals surface area contributed by atoms with Gasteiger partial charge in [-0.05, 0) is 43.0 Å². The van der Waals surface area contributed by atoms with E-state index in [9.17, 15) is 5.26 Å². The van der Waals surface area contributed by atoms with Gasteiger partial charge in [-0.25, -0.2) is 9.88 Å². The van der Waals surface area contributed by atoms with Crippen molar-refractivity contribution in [3.63, 3.8) is 0 Å². The molecule has 2 heterocycles. The zero-order valence-corrected chi connectivity index (χ0v) is 18.9. The van der Waals surface area contributed by atoms with Crippen LogP contribution in [0.1, 0.15) is 25.8 Å². The highest BCUT2D eigenvalue weighted by molar-refractivity contribution is 5.97. The second-order valence-corrected chi connectivity index (χ2v) is 8.69. The molecule has 32 heavy (non-hydrogen) atoms. The first-order valence-corrected chi connectivity index (χ1v) is 11.1. The topological polar surface area (TPSA) is 83.1 Å². The fourth-order valence-corrected chi connectivity index (χ4v) is 4.35. The highest BCUT2D eigenvalue weighted by Crippen LogP contribution is 2.26. The van der Waals surface area contributed by atoms with Gasteiger partial charge in [0.2, 0.25) is 5.96 Å². The summed E-state index contributed by atoms with van der Waals surface area (Å²) in [6.07, 6.45) is 4.99. The molecule has 0 radical (unpaired) electrons. The summed E-state index contributed by atoms with van der Waals surface area (Å²) in [6.45, 7) is 8.46. The van der Waals surface area contributed by atoms with Crippen molar-refractivity contribution in [2.24, 2.45) is 5.92 Å². The third kappa shape index (κ3) is 4.35. The van der Waals surface area contributed by atoms with Crippen molar-refractivity contribution in [2.75, 3.05) is 29.4 Å². The molecule has 164 valence electrons. The Morgan fingerprint density at radius 2 is 1.88 bits per heavy atom. The number of benzene rings is 2. The molecule has 1 aliphatic heterocycles. The summed E-state index contributed by atoms with van der Waals surface area (Å²) >= 11 is 0. The number of piperazine rings is 1. The normalized spacial score (nSPS) is 16.3. The number of aromatic nitrogens is 2. The fraction of sp³-hybridized carbons (Fsp3) is 0.360. The SMILES string of the molecule is Cc1ccccc1N(C#N)C(=N)N1CCN(c2cnc3ccccc3n2)CC1CC(C)C. The first-order chi connectivity index (χ1) is 15.5. The lowest BCUT2D eigenvalue weighted by Gasteiger charge is -2.44. The molecule has 1 atom stereocenters. The van der Waals surface area contributed by atoms with Crippen molar-refractivity contribution in [3.8, 4) is 6.19 Å². The highest BCUT2D eigenvalue weighted by Gasteiger charge is 2.33. The van der Waals surface area contributed by atoms with Gasteiger partial charge < -0.3 is 9.80 Å². The van der Waals surface area contributed by atoms with Gasteiger partial charge in [-0.2, -0.15) is 5.26 Å². The lowest BCUT2D eigenvalue weighted by atomic mass is 10.00. The van der Waals surface area contributed by atoms with Crippen LogP contribution in [0.25, 0.3) is 11.0 Å². The van der Waals surface area contributed by atoms with Crippen LogP contribution in [0.5, 0.6) is 0 Å². The van der Waals surface area contributed by atoms with Gasteiger partial charge in [-0.1, -0.05) is 44.2 Å². The number of guanidine groups is 1. The lowest BCUT2D eigenvalue weighted by molar-refractivity contribution is 0.242. The van der Waals surface area contributed by atoms with Crippen LogP contribution in [0.2, 0.25) is 0 Å². The molecule has 7 heteroatoms. The van der Waals surface area contributed by atoms with E-state index in [4.69, 9.17) is 10.4 Å². The van der Waals surface area contributed by atoms with E-state index in [2.05, 4.69) is 34.8 Å². The van der Waals surface area contributed by atoms with Crippen molar-refractivity contribution in [1.82, 2.24) is 14.9 Å². The molecule has 0 bridgehead atoms. The number of aryl methyl sites for hydroxylation is 1. The molecule has 1 aromatic heterocycles. The summed E-state index contributed by atoms with van der Waals surface area (Å²) in [4.78, 5) is 15.2. The smallest absolute Gasteiger partial charge is 0.212 e. The zero-order chi connectivity index (χ0) is 22.7. The molecule has 1 saturated heterocycles. The minimum atomic E-state index is 0.101. The first kappa shape index (κ1) is 21.6. The molecule has 0 spiro atoms. The largest absolute Gasteiger partial charge is 0.351 e. The number of anilines is 2. The third-order valence-electron chi connectivity index (χ3n) is 5.93. The Morgan fingerprint density at radius 1 is 1.16 bits per heavy atom. The Bertz CT molecular complexity index is 1150. The second-order valence-electron chi connectivity index (χ2n) is 8.69. The maximum atomic E-state index is 9.88. The second kappa shape index (κ2) is 9.23. The van der Waals surface area contributed by atoms with Gasteiger partial charge in [0.25, 0.3) is 0 Å². The van der Waals surface area contributed by atoms with E-state index in [-0.39, 0.29) is 12.0 Å². The summed E-state index contributed by atoms with van der Waals surface area (Å²) in [6, 6.07) is 15.7. The van der Waals surface area contributed by atoms with Gasteiger partial charge in [0.1, 0.15) is 5.82 Å². The first-order valence-electron chi connectivity index (χ1n) is 11.1. The van der Waals surface area contributed by atoms with Gasteiger partial charge in [0.15, 0.2) is 6.19 Å². The molecule has 1 N–H and O–H groups in total. The number of nitrogens with zero attached hydrogens (tertiary/aromatic N) is 6. The highest BCUT2D eigenvalue weighted by atomic mass is 15.4. The number of hydrogen-bond donors (Lipinski definition) is 1. The van der Waals surface area contributed by atoms with Crippen LogP contribution in [0.15, 0.2) is 54.7 Å². The van der Waals surface area contributed by atoms with E-state index >= 15 is 0 Å². The number of nitriles is 1. The van der Waals surface area contributed by atoms with Crippen LogP contribution in [-0.4, -0.2) is 46.5 Å². The van der Waals surface area contributed by atoms with Gasteiger partial charge >= 0.3 is 0 Å². The molecule has 0 aliphatic carbocycles. The quantitative estimate of drug-likeness (QED) is 0.288. The maximum Gasteiger partial charge on any atom is 0.212 e. The van der Waals surface area contributed by atoms with Crippen molar-refractivity contribution < 1.29 is 0 Å². The van der Waals surface area contributed by atoms with E-state index in [1.54, 1.807) is 0 Å². The van der Waals surface area contributed by atoms with Crippen molar-refractivity contribution in [1.29, 1.82) is 10.7 Å². The average molecular weight is 428 g/mol. The number of para-hydroxylation sites is 3. The monoisotopic (exact) mass is 427 g/mol. The maximum absolute atomic E-state index is 9.88. The number of fused-ring (bicyclic) bond motifs is 1. The molecular weight excluding hydrogens is 398 g/mol. The van der Waals surface area contributed by atoms with E-state index in [1.165, 1.54) is 4.90 Å². The third-order valence-corrected chi connectivity index (χ3v) is 5.93. The van der Waals surface area contributed by atoms with Crippen LogP contribution < -0.4 is 9.80 Å². The summed E-state index contributed by atoms with van der Waals surface area (Å²) < 4.78 is 0. The van der Waals surface area contributed by atoms with Crippen LogP contribution in [0, 0.1) is 29.7 Å². The Hall–Kier alpha value is -3.66. The van der Waals surface area contributed by atoms with Crippen molar-refractivity contribution in [2.45, 2.75) is 33.2 Å². The standard InChI is InChI=1S/C25H29N7/c1-18(2)14-20-16-30(24-15-28-21-9-5-6-10-22(21)29-24)12-13-31(20)25(27)32(17-26)23-11-7-4-8-19(23)3/h4-11,15,18,20,27H,12-14,16H2,1-3H3. The lowest BCUT2D eigenvalue weighted by Crippen LogP contribution is -2.58. The van der Waals surface area contributed by atoms with Gasteiger partial charge in [0, 0.05) is 25.7 Å². The molecule has 0 amide bonds. The molecule has 7 nitrogen and oxygen atoms in total. The van der Waals surface area contributed by atoms with Crippen molar-refractivity contribution in [3.05, 3.63) is 60.3 Å². The minimum Gasteiger partial charge on any atom is -0.351 e. The number of nitrogens with one attached hydrogen (secondary N) is 1. The van der Waals surface area contributed by atoms with E-state index in [0.717, 1.165) is 47.6 Å². The summed E-state index contributed by atoms with van der Waals surface area (Å²) in [5.41, 5.74) is 3.50. The predicted molar refractivity (Wildman–Crippen MR) is 129 cm³/mol. The summed E-state index contributed by atoms with van der Waals surface area (Å²) in [7, 11) is 0. The molecule has 2 aromatic carbocycles. The van der Waals surface area contributed by atoms with Gasteiger partial charge in [0.05, 0.1) is 22.9 Å². The summed E-state index contributed by atoms with van der Waals surface area (Å²) in [5.74, 6) is 1.56. The van der Waals surface area contributed by atoms with E-state index < -0.39 is 0 Å². The number of rotatable bonds is 4. The Balaban J connectivity index is 1.59. The van der Waals surface area contributed by atoms with E-state index in [0.29, 0.717) is 12.5 Å². The zero-order valence-electron chi connectivity index (χ0n) is 18.9. The van der Waals surface area contributed by atoms with Crippen LogP contribution >= 0.6 is 0 Å². The Morgan fingerprint density at radius 3 is 2.59 bits per heavy atom. The van der Waals surface area contributed by atoms with Gasteiger partial charge in [-0.3, -0.25) is 10.4 Å². The predicted octanol–water partition coefficient (Wildman–Crippen LogP) is 4.40. The molecule has 1 unspecified atom stereocenters.